The Hall–Kier alpha value is -2.03. The molecule has 0 amide bonds. The third-order valence-corrected chi connectivity index (χ3v) is 5.01. The second kappa shape index (κ2) is 8.18. The van der Waals surface area contributed by atoms with Gasteiger partial charge in [0, 0.05) is 38.2 Å². The highest BCUT2D eigenvalue weighted by Crippen LogP contribution is 2.26. The molecule has 1 aromatic rings. The van der Waals surface area contributed by atoms with Crippen LogP contribution in [-0.4, -0.2) is 30.7 Å². The summed E-state index contributed by atoms with van der Waals surface area (Å²) in [5, 5.41) is 4.86. The number of nitrogens with zero attached hydrogens (tertiary/aromatic N) is 2. The number of allylic oxidation sites excluding steroid dienone is 3. The molecule has 3 nitrogen and oxygen atoms in total. The molecular formula is C21H29N3. The van der Waals surface area contributed by atoms with Gasteiger partial charge in [0.25, 0.3) is 0 Å². The number of rotatable bonds is 6. The molecule has 0 spiro atoms. The summed E-state index contributed by atoms with van der Waals surface area (Å²) in [5.41, 5.74) is 7.21. The van der Waals surface area contributed by atoms with Gasteiger partial charge >= 0.3 is 0 Å². The molecule has 2 aliphatic rings. The molecule has 1 aromatic carbocycles. The predicted molar refractivity (Wildman–Crippen MR) is 102 cm³/mol. The van der Waals surface area contributed by atoms with Gasteiger partial charge in [-0.25, -0.2) is 0 Å². The van der Waals surface area contributed by atoms with E-state index in [1.807, 2.05) is 0 Å². The minimum Gasteiger partial charge on any atom is -0.380 e. The second-order valence-electron chi connectivity index (χ2n) is 7.07. The quantitative estimate of drug-likeness (QED) is 0.623. The molecule has 0 bridgehead atoms. The normalized spacial score (nSPS) is 21.7. The first kappa shape index (κ1) is 16.8. The number of hydrazone groups is 1. The summed E-state index contributed by atoms with van der Waals surface area (Å²) in [6, 6.07) is 11.1. The molecule has 0 heterocycles. The highest BCUT2D eigenvalue weighted by atomic mass is 15.3. The summed E-state index contributed by atoms with van der Waals surface area (Å²) in [6.07, 6.45) is 14.1. The smallest absolute Gasteiger partial charge is 0.0685 e. The fourth-order valence-corrected chi connectivity index (χ4v) is 3.63. The van der Waals surface area contributed by atoms with E-state index in [1.165, 1.54) is 43.4 Å². The van der Waals surface area contributed by atoms with Gasteiger partial charge in [-0.3, -0.25) is 0 Å². The van der Waals surface area contributed by atoms with Gasteiger partial charge in [-0.05, 0) is 24.5 Å². The Labute approximate surface area is 146 Å². The van der Waals surface area contributed by atoms with E-state index in [0.717, 1.165) is 12.1 Å². The van der Waals surface area contributed by atoms with Gasteiger partial charge in [0.05, 0.1) is 5.71 Å². The van der Waals surface area contributed by atoms with E-state index in [0.29, 0.717) is 12.0 Å². The Kier molecular flexibility index (Phi) is 5.73. The number of nitrogens with one attached hydrogen (secondary N) is 1. The first-order valence-corrected chi connectivity index (χ1v) is 9.17. The summed E-state index contributed by atoms with van der Waals surface area (Å²) < 4.78 is 0. The number of hydrogen-bond donors (Lipinski definition) is 1. The molecule has 1 N–H and O–H groups in total. The average molecular weight is 323 g/mol. The van der Waals surface area contributed by atoms with E-state index in [-0.39, 0.29) is 0 Å². The maximum Gasteiger partial charge on any atom is 0.0685 e. The SMILES string of the molecule is CN(C)C1=CC=CC1CC(=NNC1CCCCC1)c1ccccc1. The number of hydrogen-bond acceptors (Lipinski definition) is 3. The summed E-state index contributed by atoms with van der Waals surface area (Å²) in [4.78, 5) is 2.21. The van der Waals surface area contributed by atoms with Crippen LogP contribution < -0.4 is 5.43 Å². The van der Waals surface area contributed by atoms with Gasteiger partial charge in [0.15, 0.2) is 0 Å². The maximum atomic E-state index is 4.86. The van der Waals surface area contributed by atoms with Crippen molar-refractivity contribution in [2.75, 3.05) is 14.1 Å². The van der Waals surface area contributed by atoms with E-state index < -0.39 is 0 Å². The third-order valence-electron chi connectivity index (χ3n) is 5.01. The zero-order valence-corrected chi connectivity index (χ0v) is 14.9. The average Bonchev–Trinajstić information content (AvgIpc) is 3.09. The molecule has 1 unspecified atom stereocenters. The van der Waals surface area contributed by atoms with Crippen LogP contribution in [0.1, 0.15) is 44.1 Å². The van der Waals surface area contributed by atoms with Gasteiger partial charge < -0.3 is 10.3 Å². The summed E-state index contributed by atoms with van der Waals surface area (Å²) >= 11 is 0. The van der Waals surface area contributed by atoms with Crippen LogP contribution in [0, 0.1) is 5.92 Å². The molecule has 128 valence electrons. The molecule has 0 saturated heterocycles. The lowest BCUT2D eigenvalue weighted by molar-refractivity contribution is 0.380. The Morgan fingerprint density at radius 1 is 1.12 bits per heavy atom. The van der Waals surface area contributed by atoms with Crippen LogP contribution in [0.2, 0.25) is 0 Å². The second-order valence-corrected chi connectivity index (χ2v) is 7.07. The van der Waals surface area contributed by atoms with Crippen molar-refractivity contribution in [2.24, 2.45) is 11.0 Å². The molecule has 0 aromatic heterocycles. The van der Waals surface area contributed by atoms with Crippen molar-refractivity contribution in [2.45, 2.75) is 44.6 Å². The van der Waals surface area contributed by atoms with Crippen LogP contribution in [-0.2, 0) is 0 Å². The fraction of sp³-hybridized carbons (Fsp3) is 0.476. The highest BCUT2D eigenvalue weighted by Gasteiger charge is 2.20. The van der Waals surface area contributed by atoms with Crippen LogP contribution in [0.3, 0.4) is 0 Å². The molecule has 0 aliphatic heterocycles. The summed E-state index contributed by atoms with van der Waals surface area (Å²) in [5.74, 6) is 0.409. The Morgan fingerprint density at radius 3 is 2.58 bits per heavy atom. The van der Waals surface area contributed by atoms with E-state index in [2.05, 4.69) is 73.0 Å². The molecular weight excluding hydrogens is 294 g/mol. The van der Waals surface area contributed by atoms with Crippen molar-refractivity contribution < 1.29 is 0 Å². The topological polar surface area (TPSA) is 27.6 Å². The molecule has 1 atom stereocenters. The molecule has 3 rings (SSSR count). The van der Waals surface area contributed by atoms with Gasteiger partial charge in [-0.15, -0.1) is 0 Å². The fourth-order valence-electron chi connectivity index (χ4n) is 3.63. The van der Waals surface area contributed by atoms with Crippen molar-refractivity contribution >= 4 is 5.71 Å². The lowest BCUT2D eigenvalue weighted by atomic mass is 9.95. The molecule has 3 heteroatoms. The van der Waals surface area contributed by atoms with E-state index >= 15 is 0 Å². The van der Waals surface area contributed by atoms with Crippen molar-refractivity contribution in [3.63, 3.8) is 0 Å². The largest absolute Gasteiger partial charge is 0.380 e. The van der Waals surface area contributed by atoms with E-state index in [4.69, 9.17) is 5.10 Å². The van der Waals surface area contributed by atoms with Crippen LogP contribution in [0.15, 0.2) is 59.4 Å². The third kappa shape index (κ3) is 4.28. The first-order chi connectivity index (χ1) is 11.7. The zero-order chi connectivity index (χ0) is 16.8. The number of benzene rings is 1. The molecule has 1 fully saturated rings. The minimum atomic E-state index is 0.409. The molecule has 24 heavy (non-hydrogen) atoms. The van der Waals surface area contributed by atoms with Crippen LogP contribution in [0.4, 0.5) is 0 Å². The first-order valence-electron chi connectivity index (χ1n) is 9.17. The zero-order valence-electron chi connectivity index (χ0n) is 14.9. The lowest BCUT2D eigenvalue weighted by Crippen LogP contribution is -2.28. The lowest BCUT2D eigenvalue weighted by Gasteiger charge is -2.24. The minimum absolute atomic E-state index is 0.409. The Balaban J connectivity index is 1.75. The van der Waals surface area contributed by atoms with Crippen LogP contribution in [0.5, 0.6) is 0 Å². The summed E-state index contributed by atoms with van der Waals surface area (Å²) in [6.45, 7) is 0. The maximum absolute atomic E-state index is 4.86. The Morgan fingerprint density at radius 2 is 1.88 bits per heavy atom. The standard InChI is InChI=1S/C21H29N3/c1-24(2)21-15-9-12-18(21)16-20(17-10-5-3-6-11-17)23-22-19-13-7-4-8-14-19/h3,5-6,9-12,15,18-19,22H,4,7-8,13-14,16H2,1-2H3. The highest BCUT2D eigenvalue weighted by molar-refractivity contribution is 6.00. The predicted octanol–water partition coefficient (Wildman–Crippen LogP) is 4.33. The van der Waals surface area contributed by atoms with Crippen molar-refractivity contribution in [3.05, 3.63) is 59.8 Å². The molecule has 0 radical (unpaired) electrons. The van der Waals surface area contributed by atoms with E-state index in [9.17, 15) is 0 Å². The van der Waals surface area contributed by atoms with Gasteiger partial charge in [0.1, 0.15) is 0 Å². The van der Waals surface area contributed by atoms with Crippen LogP contribution in [0.25, 0.3) is 0 Å². The molecule has 1 saturated carbocycles. The monoisotopic (exact) mass is 323 g/mol. The van der Waals surface area contributed by atoms with Crippen molar-refractivity contribution in [1.82, 2.24) is 10.3 Å². The van der Waals surface area contributed by atoms with Gasteiger partial charge in [-0.2, -0.15) is 5.10 Å². The summed E-state index contributed by atoms with van der Waals surface area (Å²) in [7, 11) is 4.23. The van der Waals surface area contributed by atoms with Gasteiger partial charge in [-0.1, -0.05) is 61.7 Å². The van der Waals surface area contributed by atoms with Crippen molar-refractivity contribution in [1.29, 1.82) is 0 Å². The Bertz CT molecular complexity index is 607. The van der Waals surface area contributed by atoms with Gasteiger partial charge in [0.2, 0.25) is 0 Å². The molecule has 2 aliphatic carbocycles. The van der Waals surface area contributed by atoms with E-state index in [1.54, 1.807) is 0 Å². The van der Waals surface area contributed by atoms with Crippen molar-refractivity contribution in [3.8, 4) is 0 Å². The van der Waals surface area contributed by atoms with Crippen LogP contribution >= 0.6 is 0 Å².